The van der Waals surface area contributed by atoms with Crippen LogP contribution in [0, 0.1) is 0 Å². The van der Waals surface area contributed by atoms with Crippen molar-refractivity contribution < 1.29 is 27.2 Å². The lowest BCUT2D eigenvalue weighted by Gasteiger charge is -2.35. The number of rotatable bonds is 6. The molecular formula is C40H60BClN12O6S2. The van der Waals surface area contributed by atoms with Crippen LogP contribution in [0.1, 0.15) is 41.5 Å². The zero-order valence-electron chi connectivity index (χ0n) is 37.1. The second-order valence-electron chi connectivity index (χ2n) is 16.8. The van der Waals surface area contributed by atoms with Crippen molar-refractivity contribution in [3.05, 3.63) is 53.9 Å². The molecule has 338 valence electrons. The van der Waals surface area contributed by atoms with Crippen molar-refractivity contribution in [1.82, 2.24) is 19.9 Å². The lowest BCUT2D eigenvalue weighted by atomic mass is 9.78. The van der Waals surface area contributed by atoms with Crippen LogP contribution in [-0.4, -0.2) is 123 Å². The molecule has 0 spiro atoms. The molecule has 3 fully saturated rings. The van der Waals surface area contributed by atoms with Crippen molar-refractivity contribution in [2.45, 2.75) is 64.8 Å². The molecule has 0 radical (unpaired) electrons. The molecule has 0 amide bonds. The molecule has 0 unspecified atom stereocenters. The summed E-state index contributed by atoms with van der Waals surface area (Å²) in [6.07, 6.45) is 9.51. The van der Waals surface area contributed by atoms with E-state index in [1.165, 1.54) is 0 Å². The number of anilines is 6. The predicted molar refractivity (Wildman–Crippen MR) is 254 cm³/mol. The molecular weight excluding hydrogens is 855 g/mol. The second-order valence-corrected chi connectivity index (χ2v) is 22.3. The summed E-state index contributed by atoms with van der Waals surface area (Å²) in [6.45, 7) is 16.4. The second kappa shape index (κ2) is 19.5. The first-order chi connectivity index (χ1) is 28.8. The molecule has 0 saturated carbocycles. The Morgan fingerprint density at radius 2 is 1.19 bits per heavy atom. The monoisotopic (exact) mass is 914 g/mol. The number of hydrogen-bond donors (Lipinski definition) is 4. The van der Waals surface area contributed by atoms with Crippen LogP contribution >= 0.6 is 11.6 Å². The van der Waals surface area contributed by atoms with Gasteiger partial charge in [0.2, 0.25) is 0 Å². The molecule has 3 saturated heterocycles. The zero-order chi connectivity index (χ0) is 45.8. The SMILES string of the molecule is CC1(C)OB(c2ccnc(N)c2N)OC1(C)C.C[C@@H]1COCCN1c1cc(Cl)nc(N=S(C)(C)=O)c1.C[C@@H]1COCCN1c1cc(N=S(C)(C)=O)nc(-c2ccnc(N)c2N)c1. The Kier molecular flexibility index (Phi) is 15.3. The number of nitrogens with zero attached hydrogens (tertiary/aromatic N) is 8. The molecule has 22 heteroatoms. The van der Waals surface area contributed by atoms with Gasteiger partial charge in [-0.05, 0) is 65.8 Å². The van der Waals surface area contributed by atoms with Crippen molar-refractivity contribution in [3.8, 4) is 11.3 Å². The number of aromatic nitrogens is 4. The Morgan fingerprint density at radius 1 is 0.726 bits per heavy atom. The van der Waals surface area contributed by atoms with Gasteiger partial charge in [0.25, 0.3) is 0 Å². The average molecular weight is 915 g/mol. The van der Waals surface area contributed by atoms with Gasteiger partial charge in [0.1, 0.15) is 16.8 Å². The minimum Gasteiger partial charge on any atom is -0.399 e. The maximum atomic E-state index is 12.2. The van der Waals surface area contributed by atoms with Crippen molar-refractivity contribution in [2.24, 2.45) is 8.73 Å². The predicted octanol–water partition coefficient (Wildman–Crippen LogP) is 4.76. The Bertz CT molecular complexity index is 2470. The minimum atomic E-state index is -2.35. The van der Waals surface area contributed by atoms with Crippen LogP contribution in [0.2, 0.25) is 5.15 Å². The highest BCUT2D eigenvalue weighted by Crippen LogP contribution is 2.37. The van der Waals surface area contributed by atoms with Gasteiger partial charge < -0.3 is 51.5 Å². The van der Waals surface area contributed by atoms with E-state index in [-0.39, 0.29) is 29.1 Å². The van der Waals surface area contributed by atoms with Gasteiger partial charge in [-0.15, -0.1) is 0 Å². The first-order valence-corrected chi connectivity index (χ1v) is 25.0. The van der Waals surface area contributed by atoms with E-state index >= 15 is 0 Å². The Morgan fingerprint density at radius 3 is 1.69 bits per heavy atom. The largest absolute Gasteiger partial charge is 0.497 e. The summed E-state index contributed by atoms with van der Waals surface area (Å²) in [5, 5.41) is 0.360. The number of nitrogen functional groups attached to an aromatic ring is 4. The standard InChI is InChI=1S/C17H24N6O2S.C12H18ClN3O2S.C11H18BN3O2/c1-11-10-25-7-6-23(11)12-8-14(13-4-5-20-17(19)16(13)18)21-15(9-12)22-26(2,3)24;1-9-8-18-5-4-16(9)10-6-11(13)14-12(7-10)15-19(2,3)17;1-10(2)11(3,4)17-12(16-10)7-5-6-15-9(14)8(7)13/h4-5,8-9,11H,6-7,10,18H2,1-3H3,(H2,19,20);6-7,9H,4-5,8H2,1-3H3;5-6H,13H2,1-4H3,(H2,14,15)/t11-;9-;/m11./s1. The smallest absolute Gasteiger partial charge is 0.399 e. The van der Waals surface area contributed by atoms with Crippen LogP contribution in [0.5, 0.6) is 0 Å². The molecule has 4 aromatic rings. The fraction of sp³-hybridized carbons (Fsp3) is 0.500. The van der Waals surface area contributed by atoms with Crippen molar-refractivity contribution in [1.29, 1.82) is 0 Å². The van der Waals surface area contributed by atoms with Crippen LogP contribution in [0.4, 0.5) is 46.0 Å². The van der Waals surface area contributed by atoms with Crippen LogP contribution in [0.25, 0.3) is 11.3 Å². The van der Waals surface area contributed by atoms with E-state index in [0.717, 1.165) is 29.9 Å². The maximum absolute atomic E-state index is 12.2. The Hall–Kier alpha value is -4.51. The molecule has 7 heterocycles. The molecule has 4 aromatic heterocycles. The van der Waals surface area contributed by atoms with Gasteiger partial charge in [-0.3, -0.25) is 0 Å². The number of morpholine rings is 2. The normalized spacial score (nSPS) is 19.8. The topological polar surface area (TPSA) is 258 Å². The van der Waals surface area contributed by atoms with E-state index in [4.69, 9.17) is 53.3 Å². The van der Waals surface area contributed by atoms with Crippen molar-refractivity contribution >= 4 is 89.7 Å². The molecule has 3 aliphatic rings. The van der Waals surface area contributed by atoms with Gasteiger partial charge in [-0.2, -0.15) is 8.73 Å². The van der Waals surface area contributed by atoms with Gasteiger partial charge in [-0.1, -0.05) is 11.6 Å². The lowest BCUT2D eigenvalue weighted by molar-refractivity contribution is 0.00578. The van der Waals surface area contributed by atoms with Gasteiger partial charge in [0.15, 0.2) is 11.6 Å². The first kappa shape index (κ1) is 48.5. The molecule has 0 aliphatic carbocycles. The highest BCUT2D eigenvalue weighted by Gasteiger charge is 2.52. The number of pyridine rings is 4. The summed E-state index contributed by atoms with van der Waals surface area (Å²) in [4.78, 5) is 21.0. The summed E-state index contributed by atoms with van der Waals surface area (Å²) in [6, 6.07) is 11.4. The molecule has 0 bridgehead atoms. The van der Waals surface area contributed by atoms with Crippen LogP contribution in [-0.2, 0) is 38.2 Å². The van der Waals surface area contributed by atoms with Gasteiger partial charge in [0.05, 0.1) is 54.7 Å². The number of halogens is 1. The first-order valence-electron chi connectivity index (χ1n) is 19.9. The van der Waals surface area contributed by atoms with E-state index in [2.05, 4.69) is 52.3 Å². The Balaban J connectivity index is 0.000000181. The van der Waals surface area contributed by atoms with Crippen molar-refractivity contribution in [2.75, 3.05) is 97.3 Å². The minimum absolute atomic E-state index is 0.208. The van der Waals surface area contributed by atoms with Gasteiger partial charge >= 0.3 is 7.12 Å². The number of nitrogens with two attached hydrogens (primary N) is 4. The van der Waals surface area contributed by atoms with E-state index < -0.39 is 26.6 Å². The number of ether oxygens (including phenoxy) is 2. The van der Waals surface area contributed by atoms with Crippen LogP contribution in [0.3, 0.4) is 0 Å². The van der Waals surface area contributed by atoms with Crippen LogP contribution < -0.4 is 38.2 Å². The third-order valence-corrected chi connectivity index (χ3v) is 11.9. The molecule has 7 rings (SSSR count). The molecule has 3 aliphatic heterocycles. The van der Waals surface area contributed by atoms with E-state index in [9.17, 15) is 8.42 Å². The van der Waals surface area contributed by atoms with E-state index in [1.807, 2.05) is 45.9 Å². The maximum Gasteiger partial charge on any atom is 0.497 e. The highest BCUT2D eigenvalue weighted by molar-refractivity contribution is 7.92. The third kappa shape index (κ3) is 12.6. The van der Waals surface area contributed by atoms with E-state index in [1.54, 1.807) is 55.6 Å². The quantitative estimate of drug-likeness (QED) is 0.150. The van der Waals surface area contributed by atoms with Gasteiger partial charge in [0, 0.05) is 117 Å². The third-order valence-electron chi connectivity index (χ3n) is 10.4. The summed E-state index contributed by atoms with van der Waals surface area (Å²) in [7, 11) is -5.09. The van der Waals surface area contributed by atoms with E-state index in [0.29, 0.717) is 71.7 Å². The summed E-state index contributed by atoms with van der Waals surface area (Å²) < 4.78 is 55.0. The van der Waals surface area contributed by atoms with Crippen LogP contribution in [0.15, 0.2) is 57.5 Å². The molecule has 8 N–H and O–H groups in total. The fourth-order valence-corrected chi connectivity index (χ4v) is 7.89. The molecule has 62 heavy (non-hydrogen) atoms. The average Bonchev–Trinajstić information content (AvgIpc) is 3.38. The molecule has 18 nitrogen and oxygen atoms in total. The van der Waals surface area contributed by atoms with Gasteiger partial charge in [-0.25, -0.2) is 28.4 Å². The zero-order valence-corrected chi connectivity index (χ0v) is 39.5. The van der Waals surface area contributed by atoms with Crippen molar-refractivity contribution in [3.63, 3.8) is 0 Å². The summed E-state index contributed by atoms with van der Waals surface area (Å²) in [5.41, 5.74) is 27.4. The molecule has 0 aromatic carbocycles. The number of hydrogen-bond acceptors (Lipinski definition) is 18. The Labute approximate surface area is 371 Å². The lowest BCUT2D eigenvalue weighted by Crippen LogP contribution is -2.43. The highest BCUT2D eigenvalue weighted by atomic mass is 35.5. The summed E-state index contributed by atoms with van der Waals surface area (Å²) >= 11 is 6.02. The molecule has 2 atom stereocenters. The fourth-order valence-electron chi connectivity index (χ4n) is 6.60. The summed E-state index contributed by atoms with van der Waals surface area (Å²) in [5.74, 6) is 1.37.